The zero-order valence-electron chi connectivity index (χ0n) is 24.8. The monoisotopic (exact) mass is 632 g/mol. The van der Waals surface area contributed by atoms with E-state index >= 15 is 0 Å². The number of aromatic nitrogens is 2. The summed E-state index contributed by atoms with van der Waals surface area (Å²) in [6.45, 7) is 1.76. The predicted molar refractivity (Wildman–Crippen MR) is 159 cm³/mol. The Balaban J connectivity index is 1.71. The lowest BCUT2D eigenvalue weighted by Gasteiger charge is -2.38. The highest BCUT2D eigenvalue weighted by Gasteiger charge is 2.46. The Morgan fingerprint density at radius 1 is 1.04 bits per heavy atom. The number of alkyl halides is 3. The number of carbonyl (C=O) groups is 3. The molecule has 2 atom stereocenters. The number of halogens is 4. The highest BCUT2D eigenvalue weighted by Crippen LogP contribution is 2.44. The maximum Gasteiger partial charge on any atom is 0.416 e. The van der Waals surface area contributed by atoms with Crippen molar-refractivity contribution in [2.24, 2.45) is 0 Å². The van der Waals surface area contributed by atoms with Crippen molar-refractivity contribution in [1.82, 2.24) is 20.0 Å². The molecule has 13 heteroatoms. The van der Waals surface area contributed by atoms with Crippen molar-refractivity contribution >= 4 is 23.5 Å². The van der Waals surface area contributed by atoms with Crippen LogP contribution in [0.2, 0.25) is 0 Å². The molecule has 3 aromatic carbocycles. The average Bonchev–Trinajstić information content (AvgIpc) is 3.40. The number of rotatable bonds is 8. The molecule has 9 nitrogen and oxygen atoms in total. The van der Waals surface area contributed by atoms with E-state index in [1.807, 2.05) is 6.07 Å². The second-order valence-electron chi connectivity index (χ2n) is 10.7. The van der Waals surface area contributed by atoms with Gasteiger partial charge in [-0.1, -0.05) is 36.4 Å². The van der Waals surface area contributed by atoms with Crippen LogP contribution in [0.25, 0.3) is 5.69 Å². The summed E-state index contributed by atoms with van der Waals surface area (Å²) in [5, 5.41) is 16.6. The van der Waals surface area contributed by atoms with Gasteiger partial charge in [0.2, 0.25) is 5.91 Å². The van der Waals surface area contributed by atoms with E-state index in [9.17, 15) is 31.9 Å². The Bertz CT molecular complexity index is 1820. The summed E-state index contributed by atoms with van der Waals surface area (Å²) < 4.78 is 56.0. The Morgan fingerprint density at radius 2 is 1.74 bits per heavy atom. The van der Waals surface area contributed by atoms with E-state index in [0.29, 0.717) is 34.4 Å². The first-order valence-electron chi connectivity index (χ1n) is 14.3. The molecular weight excluding hydrogens is 604 g/mol. The van der Waals surface area contributed by atoms with E-state index in [-0.39, 0.29) is 25.1 Å². The van der Waals surface area contributed by atoms with Crippen LogP contribution in [0.4, 0.5) is 23.4 Å². The molecule has 0 fully saturated rings. The van der Waals surface area contributed by atoms with E-state index in [1.165, 1.54) is 47.2 Å². The lowest BCUT2D eigenvalue weighted by Crippen LogP contribution is -2.55. The Kier molecular flexibility index (Phi) is 8.91. The van der Waals surface area contributed by atoms with Gasteiger partial charge in [0.1, 0.15) is 24.1 Å². The van der Waals surface area contributed by atoms with Crippen molar-refractivity contribution in [3.63, 3.8) is 0 Å². The lowest BCUT2D eigenvalue weighted by atomic mass is 9.80. The molecule has 1 aromatic heterocycles. The standard InChI is InChI=1S/C33H28F4N6O3/c1-3-42-31-28(25(19-41(2)26(44)16-17-38)40-43(31)24-10-5-4-6-11-24)27(20-12-14-23(34)15-13-20)29(32(42)46)39-30(45)21-8-7-9-22(18-21)33(35,36)37/h4-15,18,27,29H,3,16,19H2,1-2H3,(H,39,45)/t27-,29+/m1/s1. The first kappa shape index (κ1) is 31.9. The van der Waals surface area contributed by atoms with E-state index in [4.69, 9.17) is 10.4 Å². The third kappa shape index (κ3) is 6.19. The van der Waals surface area contributed by atoms with Crippen LogP contribution in [0, 0.1) is 17.1 Å². The van der Waals surface area contributed by atoms with Gasteiger partial charge in [-0.3, -0.25) is 19.3 Å². The van der Waals surface area contributed by atoms with Gasteiger partial charge in [-0.15, -0.1) is 0 Å². The maximum atomic E-state index is 14.3. The molecule has 0 radical (unpaired) electrons. The largest absolute Gasteiger partial charge is 0.416 e. The van der Waals surface area contributed by atoms with Gasteiger partial charge in [0.15, 0.2) is 0 Å². The zero-order valence-corrected chi connectivity index (χ0v) is 24.8. The van der Waals surface area contributed by atoms with Gasteiger partial charge < -0.3 is 10.2 Å². The summed E-state index contributed by atoms with van der Waals surface area (Å²) in [7, 11) is 1.50. The molecule has 1 N–H and O–H groups in total. The van der Waals surface area contributed by atoms with Crippen molar-refractivity contribution in [3.05, 3.63) is 113 Å². The third-order valence-corrected chi connectivity index (χ3v) is 7.73. The molecule has 0 unspecified atom stereocenters. The van der Waals surface area contributed by atoms with Gasteiger partial charge in [0.25, 0.3) is 11.8 Å². The number of nitriles is 1. The number of amides is 3. The predicted octanol–water partition coefficient (Wildman–Crippen LogP) is 5.20. The van der Waals surface area contributed by atoms with Gasteiger partial charge >= 0.3 is 6.18 Å². The second kappa shape index (κ2) is 12.8. The minimum atomic E-state index is -4.70. The van der Waals surface area contributed by atoms with Crippen LogP contribution in [0.3, 0.4) is 0 Å². The fourth-order valence-electron chi connectivity index (χ4n) is 5.55. The first-order valence-corrected chi connectivity index (χ1v) is 14.3. The SMILES string of the molecule is CCN1C(=O)[C@@H](NC(=O)c2cccc(C(F)(F)F)c2)[C@H](c2ccc(F)cc2)c2c(CN(C)C(=O)CC#N)nn(-c3ccccc3)c21. The molecule has 46 heavy (non-hydrogen) atoms. The number of nitrogens with one attached hydrogen (secondary N) is 1. The molecule has 4 aromatic rings. The number of benzene rings is 3. The number of para-hydroxylation sites is 1. The van der Waals surface area contributed by atoms with Crippen LogP contribution in [0.15, 0.2) is 78.9 Å². The summed E-state index contributed by atoms with van der Waals surface area (Å²) in [5.41, 5.74) is 0.456. The summed E-state index contributed by atoms with van der Waals surface area (Å²) in [6.07, 6.45) is -5.08. The van der Waals surface area contributed by atoms with E-state index in [0.717, 1.165) is 12.1 Å². The average molecular weight is 633 g/mol. The molecule has 1 aliphatic heterocycles. The van der Waals surface area contributed by atoms with Crippen LogP contribution in [-0.2, 0) is 22.3 Å². The summed E-state index contributed by atoms with van der Waals surface area (Å²) in [5.74, 6) is -3.15. The fraction of sp³-hybridized carbons (Fsp3) is 0.242. The Morgan fingerprint density at radius 3 is 2.37 bits per heavy atom. The molecule has 1 aliphatic rings. The number of hydrogen-bond donors (Lipinski definition) is 1. The second-order valence-corrected chi connectivity index (χ2v) is 10.7. The Labute approximate surface area is 261 Å². The topological polar surface area (TPSA) is 111 Å². The molecule has 5 rings (SSSR count). The third-order valence-electron chi connectivity index (χ3n) is 7.73. The van der Waals surface area contributed by atoms with Gasteiger partial charge in [0.05, 0.1) is 29.6 Å². The molecule has 0 bridgehead atoms. The van der Waals surface area contributed by atoms with Gasteiger partial charge in [0, 0.05) is 30.6 Å². The van der Waals surface area contributed by atoms with E-state index in [2.05, 4.69) is 5.32 Å². The normalized spacial score (nSPS) is 16.0. The lowest BCUT2D eigenvalue weighted by molar-refractivity contribution is -0.137. The number of carbonyl (C=O) groups excluding carboxylic acids is 3. The van der Waals surface area contributed by atoms with Crippen LogP contribution in [-0.4, -0.2) is 52.0 Å². The smallest absolute Gasteiger partial charge is 0.339 e. The fourth-order valence-corrected chi connectivity index (χ4v) is 5.55. The number of anilines is 1. The maximum absolute atomic E-state index is 14.3. The molecule has 0 saturated heterocycles. The Hall–Kier alpha value is -5.51. The molecule has 0 saturated carbocycles. The summed E-state index contributed by atoms with van der Waals surface area (Å²) in [6, 6.07) is 18.5. The minimum Gasteiger partial charge on any atom is -0.339 e. The molecule has 236 valence electrons. The number of nitrogens with zero attached hydrogens (tertiary/aromatic N) is 5. The van der Waals surface area contributed by atoms with Crippen molar-refractivity contribution in [2.75, 3.05) is 18.5 Å². The highest BCUT2D eigenvalue weighted by atomic mass is 19.4. The molecule has 0 spiro atoms. The van der Waals surface area contributed by atoms with Gasteiger partial charge in [-0.2, -0.15) is 23.5 Å². The van der Waals surface area contributed by atoms with Crippen molar-refractivity contribution in [1.29, 1.82) is 5.26 Å². The van der Waals surface area contributed by atoms with Crippen LogP contribution < -0.4 is 10.2 Å². The molecular formula is C33H28F4N6O3. The molecule has 3 amide bonds. The highest BCUT2D eigenvalue weighted by molar-refractivity contribution is 6.05. The quantitative estimate of drug-likeness (QED) is 0.269. The number of likely N-dealkylation sites (N-methyl/N-ethyl adjacent to an activating group) is 1. The first-order chi connectivity index (χ1) is 21.9. The van der Waals surface area contributed by atoms with E-state index in [1.54, 1.807) is 41.9 Å². The van der Waals surface area contributed by atoms with Crippen LogP contribution >= 0.6 is 0 Å². The zero-order chi connectivity index (χ0) is 33.2. The minimum absolute atomic E-state index is 0.0829. The van der Waals surface area contributed by atoms with Crippen LogP contribution in [0.1, 0.15) is 52.0 Å². The summed E-state index contributed by atoms with van der Waals surface area (Å²) >= 11 is 0. The van der Waals surface area contributed by atoms with Gasteiger partial charge in [-0.05, 0) is 55.0 Å². The van der Waals surface area contributed by atoms with Gasteiger partial charge in [-0.25, -0.2) is 9.07 Å². The van der Waals surface area contributed by atoms with Crippen molar-refractivity contribution < 1.29 is 31.9 Å². The molecule has 0 aliphatic carbocycles. The number of hydrogen-bond acceptors (Lipinski definition) is 5. The summed E-state index contributed by atoms with van der Waals surface area (Å²) in [4.78, 5) is 43.2. The number of fused-ring (bicyclic) bond motifs is 1. The van der Waals surface area contributed by atoms with Crippen molar-refractivity contribution in [2.45, 2.75) is 38.0 Å². The molecule has 2 heterocycles. The van der Waals surface area contributed by atoms with Crippen molar-refractivity contribution in [3.8, 4) is 11.8 Å². The van der Waals surface area contributed by atoms with Crippen LogP contribution in [0.5, 0.6) is 0 Å². The van der Waals surface area contributed by atoms with E-state index < -0.39 is 47.2 Å².